The molecular formula is C22H27Cl2N5O. The Kier molecular flexibility index (Phi) is 8.49. The second-order valence-electron chi connectivity index (χ2n) is 7.20. The van der Waals surface area contributed by atoms with Crippen molar-refractivity contribution >= 4 is 35.1 Å². The van der Waals surface area contributed by atoms with Crippen molar-refractivity contribution in [1.29, 1.82) is 0 Å². The molecule has 0 saturated heterocycles. The van der Waals surface area contributed by atoms with Crippen molar-refractivity contribution in [2.45, 2.75) is 31.8 Å². The Balaban J connectivity index is 1.48. The minimum atomic E-state index is 0.182. The number of aryl methyl sites for hydroxylation is 1. The zero-order valence-corrected chi connectivity index (χ0v) is 18.8. The van der Waals surface area contributed by atoms with Crippen LogP contribution in [0.5, 0.6) is 0 Å². The molecule has 30 heavy (non-hydrogen) atoms. The van der Waals surface area contributed by atoms with Crippen LogP contribution in [-0.2, 0) is 11.2 Å². The van der Waals surface area contributed by atoms with Gasteiger partial charge in [0.25, 0.3) is 0 Å². The maximum absolute atomic E-state index is 6.12. The molecule has 2 aromatic rings. The van der Waals surface area contributed by atoms with Gasteiger partial charge in [0, 0.05) is 32.3 Å². The van der Waals surface area contributed by atoms with E-state index in [1.54, 1.807) is 7.11 Å². The highest BCUT2D eigenvalue weighted by Crippen LogP contribution is 2.17. The molecule has 1 heterocycles. The Labute approximate surface area is 188 Å². The van der Waals surface area contributed by atoms with Crippen LogP contribution < -0.4 is 10.2 Å². The van der Waals surface area contributed by atoms with E-state index < -0.39 is 0 Å². The molecule has 0 radical (unpaired) electrons. The van der Waals surface area contributed by atoms with Crippen LogP contribution in [0.25, 0.3) is 0 Å². The normalized spacial score (nSPS) is 15.7. The Morgan fingerprint density at radius 3 is 2.63 bits per heavy atom. The van der Waals surface area contributed by atoms with E-state index in [2.05, 4.69) is 50.6 Å². The van der Waals surface area contributed by atoms with E-state index in [1.807, 2.05) is 24.1 Å². The van der Waals surface area contributed by atoms with Crippen molar-refractivity contribution in [2.24, 2.45) is 0 Å². The van der Waals surface area contributed by atoms with Gasteiger partial charge in [-0.05, 0) is 55.0 Å². The molecule has 1 unspecified atom stereocenters. The quantitative estimate of drug-likeness (QED) is 0.555. The zero-order valence-electron chi connectivity index (χ0n) is 17.3. The number of hydrogen-bond acceptors (Lipinski definition) is 6. The highest BCUT2D eigenvalue weighted by molar-refractivity contribution is 6.30. The van der Waals surface area contributed by atoms with Gasteiger partial charge in [-0.15, -0.1) is 0 Å². The third-order valence-corrected chi connectivity index (χ3v) is 5.37. The molecule has 0 bridgehead atoms. The van der Waals surface area contributed by atoms with Crippen LogP contribution in [0, 0.1) is 0 Å². The highest BCUT2D eigenvalue weighted by atomic mass is 35.5. The van der Waals surface area contributed by atoms with Crippen molar-refractivity contribution in [1.82, 2.24) is 15.0 Å². The average Bonchev–Trinajstić information content (AvgIpc) is 2.75. The summed E-state index contributed by atoms with van der Waals surface area (Å²) in [6, 6.07) is 7.94. The summed E-state index contributed by atoms with van der Waals surface area (Å²) in [6.45, 7) is 1.52. The zero-order chi connectivity index (χ0) is 21.3. The van der Waals surface area contributed by atoms with Gasteiger partial charge in [-0.1, -0.05) is 47.5 Å². The maximum Gasteiger partial charge on any atom is 0.231 e. The van der Waals surface area contributed by atoms with E-state index in [-0.39, 0.29) is 11.4 Å². The number of benzene rings is 1. The van der Waals surface area contributed by atoms with Crippen LogP contribution in [0.15, 0.2) is 48.1 Å². The van der Waals surface area contributed by atoms with Gasteiger partial charge in [0.2, 0.25) is 17.2 Å². The molecule has 0 aliphatic heterocycles. The summed E-state index contributed by atoms with van der Waals surface area (Å²) in [5.41, 5.74) is 2.53. The van der Waals surface area contributed by atoms with E-state index in [4.69, 9.17) is 27.9 Å². The fourth-order valence-electron chi connectivity index (χ4n) is 3.18. The fourth-order valence-corrected chi connectivity index (χ4v) is 3.47. The SMILES string of the molecule is COC1C=CC(CCNc2nc(Cl)nc(N(C)CCCc3ccc(Cl)cc3)n2)=CC1. The first-order valence-electron chi connectivity index (χ1n) is 10.0. The lowest BCUT2D eigenvalue weighted by molar-refractivity contribution is 0.142. The molecule has 0 spiro atoms. The Bertz CT molecular complexity index is 886. The third-order valence-electron chi connectivity index (χ3n) is 4.95. The smallest absolute Gasteiger partial charge is 0.231 e. The first-order valence-corrected chi connectivity index (χ1v) is 10.8. The monoisotopic (exact) mass is 447 g/mol. The van der Waals surface area contributed by atoms with Gasteiger partial charge in [0.15, 0.2) is 0 Å². The predicted molar refractivity (Wildman–Crippen MR) is 124 cm³/mol. The third kappa shape index (κ3) is 6.97. The van der Waals surface area contributed by atoms with Crippen molar-refractivity contribution in [3.63, 3.8) is 0 Å². The van der Waals surface area contributed by atoms with Gasteiger partial charge >= 0.3 is 0 Å². The number of halogens is 2. The maximum atomic E-state index is 6.12. The molecule has 160 valence electrons. The lowest BCUT2D eigenvalue weighted by atomic mass is 10.0. The minimum absolute atomic E-state index is 0.182. The second kappa shape index (κ2) is 11.3. The van der Waals surface area contributed by atoms with Crippen molar-refractivity contribution in [3.8, 4) is 0 Å². The molecule has 1 aliphatic carbocycles. The molecule has 1 aliphatic rings. The number of rotatable bonds is 10. The molecule has 1 aromatic carbocycles. The largest absolute Gasteiger partial charge is 0.377 e. The lowest BCUT2D eigenvalue weighted by Crippen LogP contribution is -2.22. The minimum Gasteiger partial charge on any atom is -0.377 e. The van der Waals surface area contributed by atoms with E-state index in [0.717, 1.165) is 37.3 Å². The summed E-state index contributed by atoms with van der Waals surface area (Å²) in [5, 5.41) is 4.19. The van der Waals surface area contributed by atoms with Crippen molar-refractivity contribution < 1.29 is 4.74 Å². The fraction of sp³-hybridized carbons (Fsp3) is 0.409. The number of ether oxygens (including phenoxy) is 1. The van der Waals surface area contributed by atoms with Gasteiger partial charge in [0.1, 0.15) is 0 Å². The average molecular weight is 448 g/mol. The van der Waals surface area contributed by atoms with Gasteiger partial charge in [-0.25, -0.2) is 0 Å². The van der Waals surface area contributed by atoms with Crippen molar-refractivity contribution in [3.05, 3.63) is 63.9 Å². The van der Waals surface area contributed by atoms with Crippen LogP contribution in [0.3, 0.4) is 0 Å². The number of nitrogens with zero attached hydrogens (tertiary/aromatic N) is 4. The molecule has 0 fully saturated rings. The van der Waals surface area contributed by atoms with Crippen molar-refractivity contribution in [2.75, 3.05) is 37.5 Å². The summed E-state index contributed by atoms with van der Waals surface area (Å²) >= 11 is 12.1. The van der Waals surface area contributed by atoms with Crippen LogP contribution in [0.2, 0.25) is 10.3 Å². The summed E-state index contributed by atoms with van der Waals surface area (Å²) in [7, 11) is 3.69. The van der Waals surface area contributed by atoms with Crippen LogP contribution in [0.4, 0.5) is 11.9 Å². The number of aromatic nitrogens is 3. The molecule has 0 amide bonds. The Morgan fingerprint density at radius 2 is 1.93 bits per heavy atom. The molecule has 1 atom stereocenters. The summed E-state index contributed by atoms with van der Waals surface area (Å²) in [4.78, 5) is 15.0. The Hall–Kier alpha value is -2.15. The highest BCUT2D eigenvalue weighted by Gasteiger charge is 2.11. The number of methoxy groups -OCH3 is 1. The summed E-state index contributed by atoms with van der Waals surface area (Å²) < 4.78 is 5.32. The summed E-state index contributed by atoms with van der Waals surface area (Å²) in [6.07, 6.45) is 10.3. The molecule has 1 N–H and O–H groups in total. The van der Waals surface area contributed by atoms with Crippen LogP contribution in [0.1, 0.15) is 24.8 Å². The van der Waals surface area contributed by atoms with E-state index >= 15 is 0 Å². The topological polar surface area (TPSA) is 63.2 Å². The molecule has 6 nitrogen and oxygen atoms in total. The number of hydrogen-bond donors (Lipinski definition) is 1. The van der Waals surface area contributed by atoms with Gasteiger partial charge in [0.05, 0.1) is 6.10 Å². The first-order chi connectivity index (χ1) is 14.5. The van der Waals surface area contributed by atoms with Gasteiger partial charge in [-0.3, -0.25) is 0 Å². The molecule has 8 heteroatoms. The van der Waals surface area contributed by atoms with E-state index in [0.29, 0.717) is 18.4 Å². The molecule has 3 rings (SSSR count). The van der Waals surface area contributed by atoms with Gasteiger partial charge in [-0.2, -0.15) is 15.0 Å². The standard InChI is InChI=1S/C22H27Cl2N5O/c1-29(15-3-4-16-5-9-18(23)10-6-16)22-27-20(24)26-21(28-22)25-14-13-17-7-11-19(30-2)12-8-17/h5-11,19H,3-4,12-15H2,1-2H3,(H,25,26,27,28). The molecule has 0 saturated carbocycles. The Morgan fingerprint density at radius 1 is 1.13 bits per heavy atom. The number of nitrogens with one attached hydrogen (secondary N) is 1. The van der Waals surface area contributed by atoms with E-state index in [1.165, 1.54) is 11.1 Å². The molecular weight excluding hydrogens is 421 g/mol. The van der Waals surface area contributed by atoms with Gasteiger partial charge < -0.3 is 15.0 Å². The molecule has 1 aromatic heterocycles. The van der Waals surface area contributed by atoms with E-state index in [9.17, 15) is 0 Å². The van der Waals surface area contributed by atoms with Crippen LogP contribution >= 0.6 is 23.2 Å². The first kappa shape index (κ1) is 22.5. The second-order valence-corrected chi connectivity index (χ2v) is 7.98. The summed E-state index contributed by atoms with van der Waals surface area (Å²) in [5.74, 6) is 1.05. The predicted octanol–water partition coefficient (Wildman–Crippen LogP) is 4.95. The van der Waals surface area contributed by atoms with Crippen LogP contribution in [-0.4, -0.2) is 48.3 Å². The number of allylic oxidation sites excluding steroid dienone is 1. The lowest BCUT2D eigenvalue weighted by Gasteiger charge is -2.18. The number of anilines is 2.